The average Bonchev–Trinajstić information content (AvgIpc) is 3.20. The summed E-state index contributed by atoms with van der Waals surface area (Å²) in [7, 11) is 0. The van der Waals surface area contributed by atoms with E-state index in [1.807, 2.05) is 103 Å². The third kappa shape index (κ3) is 3.19. The first-order chi connectivity index (χ1) is 18.5. The minimum Gasteiger partial charge on any atom is -0.325 e. The maximum atomic E-state index is 13.8. The molecule has 1 saturated heterocycles. The smallest absolute Gasteiger partial charge is 0.244 e. The predicted octanol–water partition coefficient (Wildman–Crippen LogP) is 5.69. The van der Waals surface area contributed by atoms with Crippen LogP contribution in [0.25, 0.3) is 11.1 Å². The molecule has 0 unspecified atom stereocenters. The van der Waals surface area contributed by atoms with Gasteiger partial charge >= 0.3 is 0 Å². The highest BCUT2D eigenvalue weighted by atomic mass is 79.9. The summed E-state index contributed by atoms with van der Waals surface area (Å²) >= 11 is 3.98. The number of imide groups is 1. The van der Waals surface area contributed by atoms with Crippen molar-refractivity contribution in [1.82, 2.24) is 4.90 Å². The molecule has 5 nitrogen and oxygen atoms in total. The number of carbonyl (C=O) groups excluding carboxylic acids is 3. The Kier molecular flexibility index (Phi) is 5.17. The molecule has 4 aromatic rings. The van der Waals surface area contributed by atoms with Crippen LogP contribution in [0, 0.1) is 11.8 Å². The fraction of sp³-hybridized carbons (Fsp3) is 0.156. The summed E-state index contributed by atoms with van der Waals surface area (Å²) in [5.74, 6) is -2.37. The molecule has 2 atom stereocenters. The van der Waals surface area contributed by atoms with Gasteiger partial charge in [-0.1, -0.05) is 107 Å². The number of benzene rings is 4. The molecule has 6 heteroatoms. The van der Waals surface area contributed by atoms with Gasteiger partial charge < -0.3 is 5.32 Å². The topological polar surface area (TPSA) is 66.5 Å². The summed E-state index contributed by atoms with van der Waals surface area (Å²) in [4.78, 5) is 41.8. The van der Waals surface area contributed by atoms with Gasteiger partial charge in [-0.15, -0.1) is 0 Å². The molecule has 8 rings (SSSR count). The number of halogens is 1. The second-order valence-corrected chi connectivity index (χ2v) is 11.4. The second-order valence-electron chi connectivity index (χ2n) is 10.1. The highest BCUT2D eigenvalue weighted by Crippen LogP contribution is 2.66. The van der Waals surface area contributed by atoms with Crippen molar-refractivity contribution in [2.75, 3.05) is 11.9 Å². The Bertz CT molecular complexity index is 1570. The Morgan fingerprint density at radius 3 is 1.92 bits per heavy atom. The number of hydrogen-bond donors (Lipinski definition) is 1. The van der Waals surface area contributed by atoms with E-state index < -0.39 is 22.1 Å². The quantitative estimate of drug-likeness (QED) is 0.256. The van der Waals surface area contributed by atoms with Crippen molar-refractivity contribution in [3.63, 3.8) is 0 Å². The number of carbonyl (C=O) groups is 3. The van der Waals surface area contributed by atoms with Gasteiger partial charge in [0.05, 0.1) is 16.2 Å². The van der Waals surface area contributed by atoms with Crippen LogP contribution in [0.15, 0.2) is 103 Å². The van der Waals surface area contributed by atoms with Crippen LogP contribution in [-0.2, 0) is 18.7 Å². The standard InChI is InChI=1S/C32H23BrN2O3/c33-32-24-12-6-4-10-22(24)27(23-11-5-7-13-25(23)32)28-29(32)31(38)35(30(28)37)18-26(36)34-21-16-14-20(15-17-21)19-8-2-1-3-9-19/h1-17,27-29H,18H2,(H,34,36)/t27?,28-,29-,32?/m1/s1. The molecule has 3 amide bonds. The van der Waals surface area contributed by atoms with Crippen LogP contribution >= 0.6 is 15.9 Å². The summed E-state index contributed by atoms with van der Waals surface area (Å²) in [5, 5.41) is 2.85. The number of hydrogen-bond acceptors (Lipinski definition) is 3. The third-order valence-corrected chi connectivity index (χ3v) is 9.53. The molecule has 1 N–H and O–H groups in total. The molecule has 0 saturated carbocycles. The van der Waals surface area contributed by atoms with E-state index in [4.69, 9.17) is 0 Å². The van der Waals surface area contributed by atoms with E-state index in [9.17, 15) is 14.4 Å². The Hall–Kier alpha value is -4.03. The van der Waals surface area contributed by atoms with Gasteiger partial charge in [0.25, 0.3) is 0 Å². The van der Waals surface area contributed by atoms with Crippen molar-refractivity contribution in [2.45, 2.75) is 10.2 Å². The van der Waals surface area contributed by atoms with E-state index in [0.717, 1.165) is 38.3 Å². The fourth-order valence-electron chi connectivity index (χ4n) is 6.62. The number of likely N-dealkylation sites (tertiary alicyclic amines) is 1. The second kappa shape index (κ2) is 8.50. The van der Waals surface area contributed by atoms with E-state index in [2.05, 4.69) is 21.2 Å². The molecule has 3 aliphatic carbocycles. The molecule has 0 spiro atoms. The molecule has 1 fully saturated rings. The monoisotopic (exact) mass is 562 g/mol. The van der Waals surface area contributed by atoms with Crippen molar-refractivity contribution in [1.29, 1.82) is 0 Å². The molecule has 1 aliphatic heterocycles. The average molecular weight is 563 g/mol. The van der Waals surface area contributed by atoms with Crippen LogP contribution in [0.2, 0.25) is 0 Å². The first-order valence-corrected chi connectivity index (χ1v) is 13.5. The first kappa shape index (κ1) is 23.1. The molecule has 186 valence electrons. The van der Waals surface area contributed by atoms with E-state index in [1.54, 1.807) is 0 Å². The van der Waals surface area contributed by atoms with Gasteiger partial charge in [0.2, 0.25) is 17.7 Å². The van der Waals surface area contributed by atoms with Crippen LogP contribution < -0.4 is 5.32 Å². The maximum absolute atomic E-state index is 13.8. The Balaban J connectivity index is 1.16. The summed E-state index contributed by atoms with van der Waals surface area (Å²) in [6, 6.07) is 33.6. The summed E-state index contributed by atoms with van der Waals surface area (Å²) < 4.78 is -0.815. The van der Waals surface area contributed by atoms with Crippen molar-refractivity contribution in [3.05, 3.63) is 125 Å². The Morgan fingerprint density at radius 1 is 0.737 bits per heavy atom. The number of amides is 3. The van der Waals surface area contributed by atoms with E-state index in [-0.39, 0.29) is 24.3 Å². The molecule has 0 radical (unpaired) electrons. The minimum absolute atomic E-state index is 0.220. The van der Waals surface area contributed by atoms with Crippen molar-refractivity contribution < 1.29 is 14.4 Å². The van der Waals surface area contributed by atoms with Crippen molar-refractivity contribution in [3.8, 4) is 11.1 Å². The maximum Gasteiger partial charge on any atom is 0.244 e. The van der Waals surface area contributed by atoms with Gasteiger partial charge in [-0.25, -0.2) is 0 Å². The lowest BCUT2D eigenvalue weighted by Gasteiger charge is -2.51. The summed E-state index contributed by atoms with van der Waals surface area (Å²) in [6.45, 7) is -0.312. The molecular formula is C32H23BrN2O3. The van der Waals surface area contributed by atoms with Crippen LogP contribution in [0.1, 0.15) is 28.2 Å². The molecule has 4 aliphatic rings. The van der Waals surface area contributed by atoms with Crippen LogP contribution in [-0.4, -0.2) is 29.2 Å². The zero-order valence-corrected chi connectivity index (χ0v) is 21.9. The molecule has 1 heterocycles. The molecular weight excluding hydrogens is 540 g/mol. The lowest BCUT2D eigenvalue weighted by Crippen LogP contribution is -2.50. The lowest BCUT2D eigenvalue weighted by molar-refractivity contribution is -0.142. The molecule has 4 aromatic carbocycles. The van der Waals surface area contributed by atoms with Gasteiger partial charge in [-0.05, 0) is 45.5 Å². The van der Waals surface area contributed by atoms with Gasteiger partial charge in [-0.2, -0.15) is 0 Å². The highest BCUT2D eigenvalue weighted by Gasteiger charge is 2.67. The van der Waals surface area contributed by atoms with Gasteiger partial charge in [0, 0.05) is 11.6 Å². The Morgan fingerprint density at radius 2 is 1.29 bits per heavy atom. The van der Waals surface area contributed by atoms with E-state index in [1.165, 1.54) is 0 Å². The normalized spacial score (nSPS) is 24.6. The fourth-order valence-corrected chi connectivity index (χ4v) is 7.82. The minimum atomic E-state index is -0.815. The van der Waals surface area contributed by atoms with E-state index in [0.29, 0.717) is 5.69 Å². The summed E-state index contributed by atoms with van der Waals surface area (Å²) in [6.07, 6.45) is 0. The van der Waals surface area contributed by atoms with Crippen LogP contribution in [0.5, 0.6) is 0 Å². The molecule has 0 aromatic heterocycles. The zero-order valence-electron chi connectivity index (χ0n) is 20.3. The SMILES string of the molecule is O=C(CN1C(=O)[C@@H]2C3c4ccccc4C(Br)(c4ccccc43)[C@H]2C1=O)Nc1ccc(-c2ccccc2)cc1. The first-order valence-electron chi connectivity index (χ1n) is 12.7. The largest absolute Gasteiger partial charge is 0.325 e. The third-order valence-electron chi connectivity index (χ3n) is 8.18. The number of alkyl halides is 1. The predicted molar refractivity (Wildman–Crippen MR) is 149 cm³/mol. The van der Waals surface area contributed by atoms with Crippen molar-refractivity contribution >= 4 is 39.3 Å². The highest BCUT2D eigenvalue weighted by molar-refractivity contribution is 9.09. The van der Waals surface area contributed by atoms with Crippen LogP contribution in [0.4, 0.5) is 5.69 Å². The number of rotatable bonds is 4. The van der Waals surface area contributed by atoms with Gasteiger partial charge in [0.15, 0.2) is 0 Å². The van der Waals surface area contributed by atoms with Gasteiger partial charge in [-0.3, -0.25) is 19.3 Å². The summed E-state index contributed by atoms with van der Waals surface area (Å²) in [5.41, 5.74) is 6.91. The number of anilines is 1. The van der Waals surface area contributed by atoms with Crippen molar-refractivity contribution in [2.24, 2.45) is 11.8 Å². The Labute approximate surface area is 228 Å². The number of nitrogens with zero attached hydrogens (tertiary/aromatic N) is 1. The molecule has 2 bridgehead atoms. The lowest BCUT2D eigenvalue weighted by atomic mass is 9.55. The van der Waals surface area contributed by atoms with Crippen LogP contribution in [0.3, 0.4) is 0 Å². The number of nitrogens with one attached hydrogen (secondary N) is 1. The zero-order chi connectivity index (χ0) is 26.0. The van der Waals surface area contributed by atoms with Gasteiger partial charge in [0.1, 0.15) is 6.54 Å². The van der Waals surface area contributed by atoms with E-state index >= 15 is 0 Å². The molecule has 38 heavy (non-hydrogen) atoms.